The third-order valence-corrected chi connectivity index (χ3v) is 2.30. The summed E-state index contributed by atoms with van der Waals surface area (Å²) in [6.45, 7) is 0. The predicted molar refractivity (Wildman–Crippen MR) is 55.0 cm³/mol. The lowest BCUT2D eigenvalue weighted by molar-refractivity contribution is 0.108. The van der Waals surface area contributed by atoms with E-state index in [0.717, 1.165) is 16.7 Å². The summed E-state index contributed by atoms with van der Waals surface area (Å²) in [7, 11) is 1.59. The van der Waals surface area contributed by atoms with Crippen LogP contribution in [-0.2, 0) is 0 Å². The Morgan fingerprint density at radius 1 is 1.50 bits per heavy atom. The van der Waals surface area contributed by atoms with Crippen molar-refractivity contribution in [2.45, 2.75) is 0 Å². The number of halogens is 1. The number of H-pyrrole nitrogens is 1. The van der Waals surface area contributed by atoms with E-state index in [1.54, 1.807) is 25.4 Å². The Hall–Kier alpha value is -1.48. The Kier molecular flexibility index (Phi) is 2.17. The summed E-state index contributed by atoms with van der Waals surface area (Å²) in [6, 6.07) is 5.42. The fourth-order valence-corrected chi connectivity index (χ4v) is 1.55. The zero-order valence-electron chi connectivity index (χ0n) is 7.50. The van der Waals surface area contributed by atoms with Gasteiger partial charge in [0.2, 0.25) is 0 Å². The first-order valence-corrected chi connectivity index (χ1v) is 4.45. The third kappa shape index (κ3) is 1.36. The molecule has 2 rings (SSSR count). The molecule has 0 unspecified atom stereocenters. The molecular formula is C10H8ClNO2. The highest BCUT2D eigenvalue weighted by Gasteiger charge is 2.09. The van der Waals surface area contributed by atoms with Crippen molar-refractivity contribution in [1.82, 2.24) is 4.98 Å². The lowest BCUT2D eigenvalue weighted by Gasteiger charge is -1.98. The summed E-state index contributed by atoms with van der Waals surface area (Å²) in [5.41, 5.74) is 1.33. The standard InChI is InChI=1S/C10H8ClNO2/c1-14-6-2-3-7-8(10(11)13)5-12-9(7)4-6/h2-5,12H,1H3. The van der Waals surface area contributed by atoms with E-state index in [4.69, 9.17) is 16.3 Å². The minimum absolute atomic E-state index is 0.457. The van der Waals surface area contributed by atoms with Gasteiger partial charge >= 0.3 is 0 Å². The zero-order valence-corrected chi connectivity index (χ0v) is 8.26. The molecule has 0 aliphatic carbocycles. The number of ether oxygens (including phenoxy) is 1. The normalized spacial score (nSPS) is 10.4. The lowest BCUT2D eigenvalue weighted by Crippen LogP contribution is -1.85. The van der Waals surface area contributed by atoms with Gasteiger partial charge in [-0.15, -0.1) is 0 Å². The second-order valence-electron chi connectivity index (χ2n) is 2.89. The number of aromatic nitrogens is 1. The molecule has 0 aliphatic rings. The second-order valence-corrected chi connectivity index (χ2v) is 3.23. The molecule has 14 heavy (non-hydrogen) atoms. The molecular weight excluding hydrogens is 202 g/mol. The van der Waals surface area contributed by atoms with Crippen LogP contribution >= 0.6 is 11.6 Å². The van der Waals surface area contributed by atoms with Gasteiger partial charge < -0.3 is 9.72 Å². The number of fused-ring (bicyclic) bond motifs is 1. The van der Waals surface area contributed by atoms with Gasteiger partial charge in [-0.3, -0.25) is 4.79 Å². The second kappa shape index (κ2) is 3.35. The maximum absolute atomic E-state index is 11.0. The van der Waals surface area contributed by atoms with Crippen molar-refractivity contribution in [2.24, 2.45) is 0 Å². The van der Waals surface area contributed by atoms with Gasteiger partial charge in [0, 0.05) is 23.2 Å². The Labute approximate surface area is 85.6 Å². The molecule has 2 aromatic rings. The molecule has 1 aromatic heterocycles. The van der Waals surface area contributed by atoms with E-state index in [9.17, 15) is 4.79 Å². The van der Waals surface area contributed by atoms with Gasteiger partial charge in [-0.25, -0.2) is 0 Å². The van der Waals surface area contributed by atoms with Crippen LogP contribution < -0.4 is 4.74 Å². The molecule has 0 radical (unpaired) electrons. The molecule has 0 amide bonds. The maximum Gasteiger partial charge on any atom is 0.254 e. The van der Waals surface area contributed by atoms with Crippen LogP contribution in [0, 0.1) is 0 Å². The highest BCUT2D eigenvalue weighted by molar-refractivity contribution is 6.68. The molecule has 1 heterocycles. The number of methoxy groups -OCH3 is 1. The Morgan fingerprint density at radius 3 is 2.93 bits per heavy atom. The van der Waals surface area contributed by atoms with Gasteiger partial charge in [0.1, 0.15) is 5.75 Å². The van der Waals surface area contributed by atoms with Crippen molar-refractivity contribution in [3.63, 3.8) is 0 Å². The first-order valence-electron chi connectivity index (χ1n) is 4.07. The zero-order chi connectivity index (χ0) is 10.1. The van der Waals surface area contributed by atoms with E-state index in [0.29, 0.717) is 5.56 Å². The SMILES string of the molecule is COc1ccc2c(C(=O)Cl)c[nH]c2c1. The van der Waals surface area contributed by atoms with Crippen LogP contribution in [0.25, 0.3) is 10.9 Å². The summed E-state index contributed by atoms with van der Waals surface area (Å²) in [5.74, 6) is 0.743. The van der Waals surface area contributed by atoms with Crippen LogP contribution in [0.15, 0.2) is 24.4 Å². The number of rotatable bonds is 2. The molecule has 3 nitrogen and oxygen atoms in total. The fraction of sp³-hybridized carbons (Fsp3) is 0.100. The Balaban J connectivity index is 2.65. The largest absolute Gasteiger partial charge is 0.497 e. The molecule has 0 spiro atoms. The Morgan fingerprint density at radius 2 is 2.29 bits per heavy atom. The van der Waals surface area contributed by atoms with Gasteiger partial charge in [0.15, 0.2) is 0 Å². The summed E-state index contributed by atoms with van der Waals surface area (Å²) >= 11 is 5.41. The minimum atomic E-state index is -0.457. The number of benzene rings is 1. The number of hydrogen-bond acceptors (Lipinski definition) is 2. The fourth-order valence-electron chi connectivity index (χ4n) is 1.39. The summed E-state index contributed by atoms with van der Waals surface area (Å²) in [5, 5.41) is 0.354. The quantitative estimate of drug-likeness (QED) is 0.773. The van der Waals surface area contributed by atoms with Gasteiger partial charge in [-0.05, 0) is 23.7 Å². The van der Waals surface area contributed by atoms with Crippen LogP contribution in [-0.4, -0.2) is 17.3 Å². The van der Waals surface area contributed by atoms with E-state index in [-0.39, 0.29) is 0 Å². The van der Waals surface area contributed by atoms with Gasteiger partial charge in [-0.2, -0.15) is 0 Å². The van der Waals surface area contributed by atoms with Gasteiger partial charge in [0.25, 0.3) is 5.24 Å². The van der Waals surface area contributed by atoms with Crippen molar-refractivity contribution in [3.8, 4) is 5.75 Å². The van der Waals surface area contributed by atoms with E-state index in [2.05, 4.69) is 4.98 Å². The molecule has 0 bridgehead atoms. The molecule has 1 aromatic carbocycles. The molecule has 4 heteroatoms. The number of nitrogens with one attached hydrogen (secondary N) is 1. The van der Waals surface area contributed by atoms with Crippen molar-refractivity contribution in [1.29, 1.82) is 0 Å². The number of aromatic amines is 1. The lowest BCUT2D eigenvalue weighted by atomic mass is 10.2. The van der Waals surface area contributed by atoms with Crippen LogP contribution in [0.2, 0.25) is 0 Å². The van der Waals surface area contributed by atoms with Gasteiger partial charge in [-0.1, -0.05) is 0 Å². The van der Waals surface area contributed by atoms with Gasteiger partial charge in [0.05, 0.1) is 12.7 Å². The molecule has 0 atom stereocenters. The molecule has 0 saturated carbocycles. The highest BCUT2D eigenvalue weighted by atomic mass is 35.5. The smallest absolute Gasteiger partial charge is 0.254 e. The first-order chi connectivity index (χ1) is 6.72. The van der Waals surface area contributed by atoms with Crippen LogP contribution in [0.1, 0.15) is 10.4 Å². The average molecular weight is 210 g/mol. The molecule has 0 aliphatic heterocycles. The topological polar surface area (TPSA) is 42.1 Å². The monoisotopic (exact) mass is 209 g/mol. The highest BCUT2D eigenvalue weighted by Crippen LogP contribution is 2.23. The molecule has 1 N–H and O–H groups in total. The van der Waals surface area contributed by atoms with Crippen LogP contribution in [0.3, 0.4) is 0 Å². The minimum Gasteiger partial charge on any atom is -0.497 e. The number of carbonyl (C=O) groups excluding carboxylic acids is 1. The molecule has 0 saturated heterocycles. The third-order valence-electron chi connectivity index (χ3n) is 2.10. The first kappa shape index (κ1) is 9.09. The Bertz CT molecular complexity index is 490. The van der Waals surface area contributed by atoms with Crippen molar-refractivity contribution < 1.29 is 9.53 Å². The molecule has 0 fully saturated rings. The van der Waals surface area contributed by atoms with Crippen molar-refractivity contribution >= 4 is 27.7 Å². The van der Waals surface area contributed by atoms with E-state index < -0.39 is 5.24 Å². The van der Waals surface area contributed by atoms with Crippen LogP contribution in [0.5, 0.6) is 5.75 Å². The maximum atomic E-state index is 11.0. The van der Waals surface area contributed by atoms with Crippen molar-refractivity contribution in [3.05, 3.63) is 30.0 Å². The number of hydrogen-bond donors (Lipinski definition) is 1. The number of carbonyl (C=O) groups is 1. The van der Waals surface area contributed by atoms with Crippen molar-refractivity contribution in [2.75, 3.05) is 7.11 Å². The summed E-state index contributed by atoms with van der Waals surface area (Å²) < 4.78 is 5.05. The van der Waals surface area contributed by atoms with E-state index in [1.165, 1.54) is 0 Å². The summed E-state index contributed by atoms with van der Waals surface area (Å²) in [6.07, 6.45) is 1.60. The summed E-state index contributed by atoms with van der Waals surface area (Å²) in [4.78, 5) is 13.9. The molecule has 72 valence electrons. The van der Waals surface area contributed by atoms with Crippen LogP contribution in [0.4, 0.5) is 0 Å². The predicted octanol–water partition coefficient (Wildman–Crippen LogP) is 2.56. The van der Waals surface area contributed by atoms with E-state index >= 15 is 0 Å². The van der Waals surface area contributed by atoms with E-state index in [1.807, 2.05) is 6.07 Å². The average Bonchev–Trinajstić information content (AvgIpc) is 2.59.